The molecule has 0 aliphatic carbocycles. The first-order chi connectivity index (χ1) is 9.13. The van der Waals surface area contributed by atoms with E-state index in [1.54, 1.807) is 7.11 Å². The zero-order valence-corrected chi connectivity index (χ0v) is 12.2. The first-order valence-electron chi connectivity index (χ1n) is 7.13. The zero-order chi connectivity index (χ0) is 13.9. The van der Waals surface area contributed by atoms with Gasteiger partial charge in [-0.3, -0.25) is 0 Å². The van der Waals surface area contributed by atoms with Crippen LogP contribution in [0.1, 0.15) is 43.7 Å². The second kappa shape index (κ2) is 5.93. The van der Waals surface area contributed by atoms with Gasteiger partial charge in [0.25, 0.3) is 0 Å². The fourth-order valence-corrected chi connectivity index (χ4v) is 2.92. The summed E-state index contributed by atoms with van der Waals surface area (Å²) >= 11 is 0. The van der Waals surface area contributed by atoms with Gasteiger partial charge >= 0.3 is 0 Å². The molecule has 1 fully saturated rings. The fraction of sp³-hybridized carbons (Fsp3) is 0.625. The second-order valence-corrected chi connectivity index (χ2v) is 5.80. The lowest BCUT2D eigenvalue weighted by Crippen LogP contribution is -2.42. The first kappa shape index (κ1) is 14.4. The number of aliphatic hydroxyl groups is 1. The Morgan fingerprint density at radius 1 is 1.32 bits per heavy atom. The largest absolute Gasteiger partial charge is 0.496 e. The van der Waals surface area contributed by atoms with Crippen molar-refractivity contribution in [3.05, 3.63) is 29.3 Å². The van der Waals surface area contributed by atoms with Crippen LogP contribution < -0.4 is 10.1 Å². The van der Waals surface area contributed by atoms with Crippen LogP contribution >= 0.6 is 0 Å². The standard InChI is InChI=1S/C16H25NO2/c1-12(2)13-4-5-15(19-3)14(10-13)16(11-18)6-8-17-9-7-16/h4-5,10,12,17-18H,6-9,11H2,1-3H3. The molecule has 1 aliphatic heterocycles. The lowest BCUT2D eigenvalue weighted by molar-refractivity contribution is 0.155. The topological polar surface area (TPSA) is 41.5 Å². The average molecular weight is 263 g/mol. The van der Waals surface area contributed by atoms with Gasteiger partial charge in [0.15, 0.2) is 0 Å². The van der Waals surface area contributed by atoms with Gasteiger partial charge in [0, 0.05) is 11.0 Å². The Labute approximate surface area is 116 Å². The van der Waals surface area contributed by atoms with E-state index in [0.29, 0.717) is 5.92 Å². The van der Waals surface area contributed by atoms with Gasteiger partial charge < -0.3 is 15.2 Å². The van der Waals surface area contributed by atoms with Gasteiger partial charge in [0.2, 0.25) is 0 Å². The zero-order valence-electron chi connectivity index (χ0n) is 12.2. The summed E-state index contributed by atoms with van der Waals surface area (Å²) in [6.07, 6.45) is 1.92. The number of rotatable bonds is 4. The molecule has 0 spiro atoms. The molecule has 0 aromatic heterocycles. The number of benzene rings is 1. The highest BCUT2D eigenvalue weighted by atomic mass is 16.5. The van der Waals surface area contributed by atoms with Crippen molar-refractivity contribution in [2.45, 2.75) is 38.0 Å². The fourth-order valence-electron chi connectivity index (χ4n) is 2.92. The predicted octanol–water partition coefficient (Wildman–Crippen LogP) is 2.43. The third-order valence-corrected chi connectivity index (χ3v) is 4.32. The smallest absolute Gasteiger partial charge is 0.122 e. The maximum absolute atomic E-state index is 9.96. The molecule has 1 aromatic carbocycles. The number of hydrogen-bond acceptors (Lipinski definition) is 3. The number of methoxy groups -OCH3 is 1. The highest BCUT2D eigenvalue weighted by Gasteiger charge is 2.35. The van der Waals surface area contributed by atoms with E-state index in [1.165, 1.54) is 11.1 Å². The van der Waals surface area contributed by atoms with E-state index in [2.05, 4.69) is 31.3 Å². The van der Waals surface area contributed by atoms with Crippen molar-refractivity contribution in [2.24, 2.45) is 0 Å². The molecule has 0 amide bonds. The summed E-state index contributed by atoms with van der Waals surface area (Å²) in [6.45, 7) is 6.48. The molecule has 0 unspecified atom stereocenters. The van der Waals surface area contributed by atoms with E-state index in [4.69, 9.17) is 4.74 Å². The lowest BCUT2D eigenvalue weighted by Gasteiger charge is -2.37. The summed E-state index contributed by atoms with van der Waals surface area (Å²) < 4.78 is 5.53. The van der Waals surface area contributed by atoms with Crippen molar-refractivity contribution >= 4 is 0 Å². The van der Waals surface area contributed by atoms with Crippen LogP contribution in [-0.4, -0.2) is 31.9 Å². The number of piperidine rings is 1. The molecule has 0 saturated carbocycles. The van der Waals surface area contributed by atoms with E-state index in [1.807, 2.05) is 6.07 Å². The first-order valence-corrected chi connectivity index (χ1v) is 7.13. The molecule has 1 aromatic rings. The van der Waals surface area contributed by atoms with Crippen molar-refractivity contribution in [1.82, 2.24) is 5.32 Å². The monoisotopic (exact) mass is 263 g/mol. The molecule has 1 aliphatic rings. The van der Waals surface area contributed by atoms with E-state index in [9.17, 15) is 5.11 Å². The maximum atomic E-state index is 9.96. The summed E-state index contributed by atoms with van der Waals surface area (Å²) in [5.74, 6) is 1.39. The third kappa shape index (κ3) is 2.77. The molecule has 2 rings (SSSR count). The molecule has 0 atom stereocenters. The Hall–Kier alpha value is -1.06. The Morgan fingerprint density at radius 3 is 2.53 bits per heavy atom. The van der Waals surface area contributed by atoms with Gasteiger partial charge in [-0.05, 0) is 43.5 Å². The Balaban J connectivity index is 2.47. The molecule has 3 heteroatoms. The van der Waals surface area contributed by atoms with Gasteiger partial charge in [-0.1, -0.05) is 26.0 Å². The van der Waals surface area contributed by atoms with Gasteiger partial charge in [0.05, 0.1) is 13.7 Å². The number of nitrogens with one attached hydrogen (secondary N) is 1. The normalized spacial score (nSPS) is 18.6. The molecule has 1 saturated heterocycles. The summed E-state index contributed by atoms with van der Waals surface area (Å²) in [4.78, 5) is 0. The minimum atomic E-state index is -0.151. The molecule has 3 nitrogen and oxygen atoms in total. The molecule has 0 radical (unpaired) electrons. The highest BCUT2D eigenvalue weighted by Crippen LogP contribution is 2.39. The van der Waals surface area contributed by atoms with Crippen LogP contribution in [0.2, 0.25) is 0 Å². The molecule has 2 N–H and O–H groups in total. The van der Waals surface area contributed by atoms with Crippen LogP contribution in [-0.2, 0) is 5.41 Å². The van der Waals surface area contributed by atoms with Crippen LogP contribution in [0.5, 0.6) is 5.75 Å². The quantitative estimate of drug-likeness (QED) is 0.876. The summed E-state index contributed by atoms with van der Waals surface area (Å²) in [5, 5.41) is 13.3. The molecular weight excluding hydrogens is 238 g/mol. The molecule has 106 valence electrons. The van der Waals surface area contributed by atoms with Crippen molar-refractivity contribution in [3.63, 3.8) is 0 Å². The van der Waals surface area contributed by atoms with Crippen molar-refractivity contribution in [3.8, 4) is 5.75 Å². The third-order valence-electron chi connectivity index (χ3n) is 4.32. The van der Waals surface area contributed by atoms with Gasteiger partial charge in [-0.15, -0.1) is 0 Å². The van der Waals surface area contributed by atoms with E-state index < -0.39 is 0 Å². The van der Waals surface area contributed by atoms with E-state index in [0.717, 1.165) is 31.7 Å². The van der Waals surface area contributed by atoms with Crippen LogP contribution in [0.3, 0.4) is 0 Å². The maximum Gasteiger partial charge on any atom is 0.122 e. The summed E-state index contributed by atoms with van der Waals surface area (Å²) in [7, 11) is 1.71. The van der Waals surface area contributed by atoms with Crippen LogP contribution in [0.25, 0.3) is 0 Å². The molecular formula is C16H25NO2. The number of hydrogen-bond donors (Lipinski definition) is 2. The second-order valence-electron chi connectivity index (χ2n) is 5.80. The van der Waals surface area contributed by atoms with Crippen molar-refractivity contribution in [1.29, 1.82) is 0 Å². The van der Waals surface area contributed by atoms with Crippen molar-refractivity contribution in [2.75, 3.05) is 26.8 Å². The van der Waals surface area contributed by atoms with Gasteiger partial charge in [-0.25, -0.2) is 0 Å². The van der Waals surface area contributed by atoms with E-state index in [-0.39, 0.29) is 12.0 Å². The number of ether oxygens (including phenoxy) is 1. The summed E-state index contributed by atoms with van der Waals surface area (Å²) in [5.41, 5.74) is 2.33. The Bertz CT molecular complexity index is 423. The minimum absolute atomic E-state index is 0.151. The van der Waals surface area contributed by atoms with Crippen LogP contribution in [0.4, 0.5) is 0 Å². The predicted molar refractivity (Wildman–Crippen MR) is 78.0 cm³/mol. The van der Waals surface area contributed by atoms with E-state index >= 15 is 0 Å². The molecule has 19 heavy (non-hydrogen) atoms. The number of aliphatic hydroxyl groups excluding tert-OH is 1. The SMILES string of the molecule is COc1ccc(C(C)C)cc1C1(CO)CCNCC1. The van der Waals surface area contributed by atoms with Crippen LogP contribution in [0.15, 0.2) is 18.2 Å². The summed E-state index contributed by atoms with van der Waals surface area (Å²) in [6, 6.07) is 6.40. The minimum Gasteiger partial charge on any atom is -0.496 e. The van der Waals surface area contributed by atoms with Gasteiger partial charge in [0.1, 0.15) is 5.75 Å². The Morgan fingerprint density at radius 2 is 2.00 bits per heavy atom. The molecule has 1 heterocycles. The van der Waals surface area contributed by atoms with Crippen LogP contribution in [0, 0.1) is 0 Å². The van der Waals surface area contributed by atoms with Crippen molar-refractivity contribution < 1.29 is 9.84 Å². The Kier molecular flexibility index (Phi) is 4.48. The highest BCUT2D eigenvalue weighted by molar-refractivity contribution is 5.44. The molecule has 0 bridgehead atoms. The lowest BCUT2D eigenvalue weighted by atomic mass is 9.72. The van der Waals surface area contributed by atoms with Gasteiger partial charge in [-0.2, -0.15) is 0 Å². The average Bonchev–Trinajstić information content (AvgIpc) is 2.47.